The minimum atomic E-state index is -0.488. The maximum atomic E-state index is 12.5. The van der Waals surface area contributed by atoms with Crippen molar-refractivity contribution >= 4 is 22.9 Å². The molecule has 3 aromatic carbocycles. The molecule has 1 N–H and O–H groups in total. The van der Waals surface area contributed by atoms with Crippen LogP contribution in [0.15, 0.2) is 78.9 Å². The van der Waals surface area contributed by atoms with Crippen LogP contribution >= 0.6 is 0 Å². The summed E-state index contributed by atoms with van der Waals surface area (Å²) in [6.07, 6.45) is 0. The van der Waals surface area contributed by atoms with Gasteiger partial charge in [-0.3, -0.25) is 14.2 Å². The number of carbonyl (C=O) groups is 2. The zero-order valence-corrected chi connectivity index (χ0v) is 16.5. The van der Waals surface area contributed by atoms with Crippen molar-refractivity contribution in [3.8, 4) is 5.69 Å². The first kappa shape index (κ1) is 19.4. The number of hydrogen-bond acceptors (Lipinski definition) is 4. The summed E-state index contributed by atoms with van der Waals surface area (Å²) in [7, 11) is 0. The molecule has 0 aliphatic heterocycles. The van der Waals surface area contributed by atoms with Crippen LogP contribution in [0.25, 0.3) is 16.7 Å². The van der Waals surface area contributed by atoms with Crippen LogP contribution in [0.2, 0.25) is 0 Å². The van der Waals surface area contributed by atoms with Gasteiger partial charge in [-0.2, -0.15) is 0 Å². The van der Waals surface area contributed by atoms with Crippen LogP contribution in [-0.4, -0.2) is 28.0 Å². The molecule has 0 unspecified atom stereocenters. The Balaban J connectivity index is 1.42. The summed E-state index contributed by atoms with van der Waals surface area (Å²) in [6, 6.07) is 24.6. The van der Waals surface area contributed by atoms with Gasteiger partial charge in [0.1, 0.15) is 19.0 Å². The van der Waals surface area contributed by atoms with E-state index in [2.05, 4.69) is 10.3 Å². The number of imidazole rings is 1. The summed E-state index contributed by atoms with van der Waals surface area (Å²) in [5.74, 6) is -0.00351. The van der Waals surface area contributed by atoms with Gasteiger partial charge in [0.25, 0.3) is 5.91 Å². The Labute approximate surface area is 174 Å². The van der Waals surface area contributed by atoms with E-state index in [4.69, 9.17) is 4.74 Å². The fraction of sp³-hybridized carbons (Fsp3) is 0.125. The molecule has 30 heavy (non-hydrogen) atoms. The van der Waals surface area contributed by atoms with Crippen LogP contribution in [0.3, 0.4) is 0 Å². The van der Waals surface area contributed by atoms with E-state index in [1.807, 2.05) is 78.2 Å². The van der Waals surface area contributed by atoms with Crippen molar-refractivity contribution in [2.45, 2.75) is 13.5 Å². The number of aromatic nitrogens is 2. The standard InChI is InChI=1S/C24H21N3O3/c1-17-26-21-14-19(12-13-22(21)27(17)20-10-6-3-7-11-20)24(29)25-15-23(28)30-16-18-8-4-2-5-9-18/h2-14H,15-16H2,1H3,(H,25,29). The Morgan fingerprint density at radius 3 is 2.40 bits per heavy atom. The molecule has 0 aliphatic rings. The summed E-state index contributed by atoms with van der Waals surface area (Å²) >= 11 is 0. The number of aryl methyl sites for hydroxylation is 1. The Hall–Kier alpha value is -3.93. The number of para-hydroxylation sites is 1. The van der Waals surface area contributed by atoms with Crippen molar-refractivity contribution in [1.82, 2.24) is 14.9 Å². The normalized spacial score (nSPS) is 10.7. The van der Waals surface area contributed by atoms with Gasteiger partial charge in [-0.25, -0.2) is 4.98 Å². The van der Waals surface area contributed by atoms with Crippen LogP contribution in [0.4, 0.5) is 0 Å². The molecular weight excluding hydrogens is 378 g/mol. The van der Waals surface area contributed by atoms with Gasteiger partial charge in [0.2, 0.25) is 0 Å². The van der Waals surface area contributed by atoms with Gasteiger partial charge < -0.3 is 10.1 Å². The third kappa shape index (κ3) is 4.22. The van der Waals surface area contributed by atoms with E-state index in [9.17, 15) is 9.59 Å². The number of fused-ring (bicyclic) bond motifs is 1. The molecule has 4 rings (SSSR count). The van der Waals surface area contributed by atoms with Crippen LogP contribution in [0, 0.1) is 6.92 Å². The van der Waals surface area contributed by atoms with Gasteiger partial charge in [0, 0.05) is 11.3 Å². The molecule has 1 aromatic heterocycles. The van der Waals surface area contributed by atoms with Crippen molar-refractivity contribution < 1.29 is 14.3 Å². The highest BCUT2D eigenvalue weighted by Crippen LogP contribution is 2.22. The van der Waals surface area contributed by atoms with E-state index in [1.54, 1.807) is 12.1 Å². The molecule has 0 saturated carbocycles. The minimum Gasteiger partial charge on any atom is -0.460 e. The summed E-state index contributed by atoms with van der Waals surface area (Å²) in [6.45, 7) is 1.91. The number of benzene rings is 3. The van der Waals surface area contributed by atoms with Crippen LogP contribution in [0.1, 0.15) is 21.7 Å². The average Bonchev–Trinajstić information content (AvgIpc) is 3.12. The van der Waals surface area contributed by atoms with E-state index >= 15 is 0 Å². The number of ether oxygens (including phenoxy) is 1. The third-order valence-corrected chi connectivity index (χ3v) is 4.73. The zero-order valence-electron chi connectivity index (χ0n) is 16.5. The van der Waals surface area contributed by atoms with Gasteiger partial charge >= 0.3 is 5.97 Å². The lowest BCUT2D eigenvalue weighted by Gasteiger charge is -2.08. The Kier molecular flexibility index (Phi) is 5.57. The molecule has 0 radical (unpaired) electrons. The molecule has 6 heteroatoms. The lowest BCUT2D eigenvalue weighted by molar-refractivity contribution is -0.143. The van der Waals surface area contributed by atoms with E-state index in [0.29, 0.717) is 5.56 Å². The van der Waals surface area contributed by atoms with Gasteiger partial charge in [0.05, 0.1) is 11.0 Å². The quantitative estimate of drug-likeness (QED) is 0.501. The number of hydrogen-bond donors (Lipinski definition) is 1. The fourth-order valence-electron chi connectivity index (χ4n) is 3.29. The van der Waals surface area contributed by atoms with E-state index < -0.39 is 5.97 Å². The maximum Gasteiger partial charge on any atom is 0.325 e. The molecular formula is C24H21N3O3. The number of esters is 1. The monoisotopic (exact) mass is 399 g/mol. The first-order valence-electron chi connectivity index (χ1n) is 9.64. The summed E-state index contributed by atoms with van der Waals surface area (Å²) < 4.78 is 7.22. The lowest BCUT2D eigenvalue weighted by Crippen LogP contribution is -2.30. The van der Waals surface area contributed by atoms with Crippen molar-refractivity contribution in [3.05, 3.63) is 95.8 Å². The SMILES string of the molecule is Cc1nc2cc(C(=O)NCC(=O)OCc3ccccc3)ccc2n1-c1ccccc1. The van der Waals surface area contributed by atoms with Gasteiger partial charge in [-0.15, -0.1) is 0 Å². The van der Waals surface area contributed by atoms with Gasteiger partial charge in [-0.05, 0) is 42.8 Å². The topological polar surface area (TPSA) is 73.2 Å². The molecule has 0 saturated heterocycles. The molecule has 0 fully saturated rings. The van der Waals surface area contributed by atoms with Crippen molar-refractivity contribution in [1.29, 1.82) is 0 Å². The van der Waals surface area contributed by atoms with E-state index in [1.165, 1.54) is 0 Å². The molecule has 6 nitrogen and oxygen atoms in total. The largest absolute Gasteiger partial charge is 0.460 e. The second-order valence-electron chi connectivity index (χ2n) is 6.86. The van der Waals surface area contributed by atoms with Crippen molar-refractivity contribution in [3.63, 3.8) is 0 Å². The predicted octanol–water partition coefficient (Wildman–Crippen LogP) is 3.81. The molecule has 1 heterocycles. The summed E-state index contributed by atoms with van der Waals surface area (Å²) in [5.41, 5.74) is 3.98. The second-order valence-corrected chi connectivity index (χ2v) is 6.86. The number of carbonyl (C=O) groups excluding carboxylic acids is 2. The minimum absolute atomic E-state index is 0.178. The predicted molar refractivity (Wildman–Crippen MR) is 114 cm³/mol. The summed E-state index contributed by atoms with van der Waals surface area (Å²) in [5, 5.41) is 2.60. The first-order valence-corrected chi connectivity index (χ1v) is 9.64. The highest BCUT2D eigenvalue weighted by Gasteiger charge is 2.14. The molecule has 0 bridgehead atoms. The maximum absolute atomic E-state index is 12.5. The number of nitrogens with one attached hydrogen (secondary N) is 1. The average molecular weight is 399 g/mol. The van der Waals surface area contributed by atoms with Crippen molar-refractivity contribution in [2.75, 3.05) is 6.54 Å². The number of amides is 1. The molecule has 0 aliphatic carbocycles. The molecule has 150 valence electrons. The number of rotatable bonds is 6. The Morgan fingerprint density at radius 2 is 1.67 bits per heavy atom. The zero-order chi connectivity index (χ0) is 20.9. The van der Waals surface area contributed by atoms with Crippen LogP contribution in [-0.2, 0) is 16.1 Å². The van der Waals surface area contributed by atoms with Crippen LogP contribution < -0.4 is 5.32 Å². The third-order valence-electron chi connectivity index (χ3n) is 4.73. The first-order chi connectivity index (χ1) is 14.6. The molecule has 4 aromatic rings. The Morgan fingerprint density at radius 1 is 0.967 bits per heavy atom. The second kappa shape index (κ2) is 8.61. The number of nitrogens with zero attached hydrogens (tertiary/aromatic N) is 2. The molecule has 0 atom stereocenters. The molecule has 1 amide bonds. The van der Waals surface area contributed by atoms with Gasteiger partial charge in [-0.1, -0.05) is 48.5 Å². The van der Waals surface area contributed by atoms with E-state index in [-0.39, 0.29) is 19.1 Å². The highest BCUT2D eigenvalue weighted by molar-refractivity contribution is 5.98. The van der Waals surface area contributed by atoms with Crippen LogP contribution in [0.5, 0.6) is 0 Å². The van der Waals surface area contributed by atoms with Gasteiger partial charge in [0.15, 0.2) is 0 Å². The summed E-state index contributed by atoms with van der Waals surface area (Å²) in [4.78, 5) is 29.0. The molecule has 0 spiro atoms. The fourth-order valence-corrected chi connectivity index (χ4v) is 3.29. The van der Waals surface area contributed by atoms with Crippen molar-refractivity contribution in [2.24, 2.45) is 0 Å². The smallest absolute Gasteiger partial charge is 0.325 e. The Bertz CT molecular complexity index is 1180. The van der Waals surface area contributed by atoms with E-state index in [0.717, 1.165) is 28.1 Å². The lowest BCUT2D eigenvalue weighted by atomic mass is 10.2. The highest BCUT2D eigenvalue weighted by atomic mass is 16.5.